The van der Waals surface area contributed by atoms with E-state index in [4.69, 9.17) is 11.6 Å². The van der Waals surface area contributed by atoms with Crippen molar-refractivity contribution < 1.29 is 4.79 Å². The fourth-order valence-corrected chi connectivity index (χ4v) is 2.75. The Morgan fingerprint density at radius 3 is 2.75 bits per heavy atom. The highest BCUT2D eigenvalue weighted by Crippen LogP contribution is 2.25. The SMILES string of the molecule is CN1CCN(CCNC(=O)c2cccc(Br)c2Cl)CC1. The second-order valence-electron chi connectivity index (χ2n) is 5.00. The van der Waals surface area contributed by atoms with E-state index >= 15 is 0 Å². The summed E-state index contributed by atoms with van der Waals surface area (Å²) in [4.78, 5) is 16.7. The third-order valence-electron chi connectivity index (χ3n) is 3.51. The number of nitrogens with one attached hydrogen (secondary N) is 1. The Labute approximate surface area is 133 Å². The summed E-state index contributed by atoms with van der Waals surface area (Å²) in [6.07, 6.45) is 0. The van der Waals surface area contributed by atoms with Gasteiger partial charge in [0.1, 0.15) is 0 Å². The molecule has 0 spiro atoms. The molecule has 0 saturated carbocycles. The quantitative estimate of drug-likeness (QED) is 0.893. The maximum Gasteiger partial charge on any atom is 0.252 e. The van der Waals surface area contributed by atoms with Gasteiger partial charge in [0.2, 0.25) is 0 Å². The average Bonchev–Trinajstić information content (AvgIpc) is 2.44. The minimum Gasteiger partial charge on any atom is -0.351 e. The van der Waals surface area contributed by atoms with Crippen LogP contribution in [0.25, 0.3) is 0 Å². The molecule has 1 saturated heterocycles. The molecule has 0 bridgehead atoms. The maximum absolute atomic E-state index is 12.1. The van der Waals surface area contributed by atoms with E-state index in [0.717, 1.165) is 37.2 Å². The molecular weight excluding hydrogens is 342 g/mol. The summed E-state index contributed by atoms with van der Waals surface area (Å²) in [6, 6.07) is 5.37. The zero-order valence-corrected chi connectivity index (χ0v) is 13.9. The molecule has 1 N–H and O–H groups in total. The topological polar surface area (TPSA) is 35.6 Å². The Morgan fingerprint density at radius 1 is 1.35 bits per heavy atom. The van der Waals surface area contributed by atoms with Crippen molar-refractivity contribution >= 4 is 33.4 Å². The van der Waals surface area contributed by atoms with Gasteiger partial charge in [0.15, 0.2) is 0 Å². The van der Waals surface area contributed by atoms with Gasteiger partial charge in [-0.15, -0.1) is 0 Å². The molecule has 1 fully saturated rings. The number of carbonyl (C=O) groups excluding carboxylic acids is 1. The third kappa shape index (κ3) is 4.19. The van der Waals surface area contributed by atoms with E-state index in [0.29, 0.717) is 17.1 Å². The van der Waals surface area contributed by atoms with Crippen molar-refractivity contribution in [3.8, 4) is 0 Å². The van der Waals surface area contributed by atoms with Gasteiger partial charge in [0, 0.05) is 43.7 Å². The molecule has 1 aromatic carbocycles. The van der Waals surface area contributed by atoms with Crippen molar-refractivity contribution in [2.45, 2.75) is 0 Å². The Hall–Kier alpha value is -0.620. The van der Waals surface area contributed by atoms with Crippen LogP contribution in [0.15, 0.2) is 22.7 Å². The number of hydrogen-bond acceptors (Lipinski definition) is 3. The fraction of sp³-hybridized carbons (Fsp3) is 0.500. The second-order valence-corrected chi connectivity index (χ2v) is 6.23. The number of nitrogens with zero attached hydrogens (tertiary/aromatic N) is 2. The van der Waals surface area contributed by atoms with E-state index in [2.05, 4.69) is 38.1 Å². The van der Waals surface area contributed by atoms with Gasteiger partial charge in [0.25, 0.3) is 5.91 Å². The standard InChI is InChI=1S/C14H19BrClN3O/c1-18-7-9-19(10-8-18)6-5-17-14(20)11-3-2-4-12(15)13(11)16/h2-4H,5-10H2,1H3,(H,17,20). The largest absolute Gasteiger partial charge is 0.351 e. The van der Waals surface area contributed by atoms with Crippen LogP contribution in [0.2, 0.25) is 5.02 Å². The Balaban J connectivity index is 1.79. The number of rotatable bonds is 4. The number of halogens is 2. The predicted octanol–water partition coefficient (Wildman–Crippen LogP) is 2.08. The summed E-state index contributed by atoms with van der Waals surface area (Å²) in [5, 5.41) is 3.39. The molecule has 2 rings (SSSR count). The lowest BCUT2D eigenvalue weighted by molar-refractivity contribution is 0.0941. The second kappa shape index (κ2) is 7.41. The normalized spacial score (nSPS) is 17.1. The Kier molecular flexibility index (Phi) is 5.84. The number of benzene rings is 1. The Bertz CT molecular complexity index is 475. The van der Waals surface area contributed by atoms with E-state index in [1.165, 1.54) is 0 Å². The Morgan fingerprint density at radius 2 is 2.05 bits per heavy atom. The summed E-state index contributed by atoms with van der Waals surface area (Å²) in [5.41, 5.74) is 0.513. The molecule has 1 heterocycles. The van der Waals surface area contributed by atoms with Crippen LogP contribution >= 0.6 is 27.5 Å². The fourth-order valence-electron chi connectivity index (χ4n) is 2.17. The summed E-state index contributed by atoms with van der Waals surface area (Å²) < 4.78 is 0.742. The highest BCUT2D eigenvalue weighted by atomic mass is 79.9. The molecule has 6 heteroatoms. The first kappa shape index (κ1) is 15.8. The molecule has 0 aliphatic carbocycles. The number of hydrogen-bond donors (Lipinski definition) is 1. The molecule has 20 heavy (non-hydrogen) atoms. The molecule has 0 radical (unpaired) electrons. The van der Waals surface area contributed by atoms with Crippen molar-refractivity contribution in [1.82, 2.24) is 15.1 Å². The van der Waals surface area contributed by atoms with Gasteiger partial charge in [-0.25, -0.2) is 0 Å². The van der Waals surface area contributed by atoms with E-state index in [1.807, 2.05) is 12.1 Å². The zero-order chi connectivity index (χ0) is 14.5. The van der Waals surface area contributed by atoms with Gasteiger partial charge in [-0.3, -0.25) is 9.69 Å². The van der Waals surface area contributed by atoms with E-state index in [9.17, 15) is 4.79 Å². The molecular formula is C14H19BrClN3O. The van der Waals surface area contributed by atoms with Crippen LogP contribution in [0, 0.1) is 0 Å². The highest BCUT2D eigenvalue weighted by molar-refractivity contribution is 9.10. The van der Waals surface area contributed by atoms with E-state index in [1.54, 1.807) is 6.07 Å². The van der Waals surface area contributed by atoms with Gasteiger partial charge in [-0.05, 0) is 35.1 Å². The van der Waals surface area contributed by atoms with Crippen molar-refractivity contribution in [2.75, 3.05) is 46.3 Å². The molecule has 1 aliphatic rings. The molecule has 1 aromatic rings. The monoisotopic (exact) mass is 359 g/mol. The van der Waals surface area contributed by atoms with E-state index in [-0.39, 0.29) is 5.91 Å². The molecule has 1 amide bonds. The molecule has 4 nitrogen and oxygen atoms in total. The predicted molar refractivity (Wildman–Crippen MR) is 85.4 cm³/mol. The lowest BCUT2D eigenvalue weighted by atomic mass is 10.2. The van der Waals surface area contributed by atoms with Gasteiger partial charge in [-0.2, -0.15) is 0 Å². The number of piperazine rings is 1. The van der Waals surface area contributed by atoms with E-state index < -0.39 is 0 Å². The highest BCUT2D eigenvalue weighted by Gasteiger charge is 2.15. The van der Waals surface area contributed by atoms with Gasteiger partial charge < -0.3 is 10.2 Å². The van der Waals surface area contributed by atoms with Crippen LogP contribution < -0.4 is 5.32 Å². The minimum absolute atomic E-state index is 0.120. The lowest BCUT2D eigenvalue weighted by Gasteiger charge is -2.32. The van der Waals surface area contributed by atoms with Crippen LogP contribution in [0.3, 0.4) is 0 Å². The molecule has 0 atom stereocenters. The molecule has 110 valence electrons. The zero-order valence-electron chi connectivity index (χ0n) is 11.5. The minimum atomic E-state index is -0.120. The summed E-state index contributed by atoms with van der Waals surface area (Å²) in [6.45, 7) is 5.82. The summed E-state index contributed by atoms with van der Waals surface area (Å²) in [5.74, 6) is -0.120. The van der Waals surface area contributed by atoms with Crippen LogP contribution in [0.1, 0.15) is 10.4 Å². The maximum atomic E-state index is 12.1. The number of carbonyl (C=O) groups is 1. The van der Waals surface area contributed by atoms with Gasteiger partial charge >= 0.3 is 0 Å². The average molecular weight is 361 g/mol. The third-order valence-corrected chi connectivity index (χ3v) is 4.80. The van der Waals surface area contributed by atoms with Gasteiger partial charge in [-0.1, -0.05) is 17.7 Å². The first-order valence-electron chi connectivity index (χ1n) is 6.71. The lowest BCUT2D eigenvalue weighted by Crippen LogP contribution is -2.46. The first-order chi connectivity index (χ1) is 9.58. The summed E-state index contributed by atoms with van der Waals surface area (Å²) in [7, 11) is 2.13. The number of amides is 1. The van der Waals surface area contributed by atoms with Crippen molar-refractivity contribution in [1.29, 1.82) is 0 Å². The van der Waals surface area contributed by atoms with Gasteiger partial charge in [0.05, 0.1) is 10.6 Å². The molecule has 1 aliphatic heterocycles. The van der Waals surface area contributed by atoms with Crippen molar-refractivity contribution in [3.05, 3.63) is 33.3 Å². The molecule has 0 aromatic heterocycles. The van der Waals surface area contributed by atoms with Crippen molar-refractivity contribution in [3.63, 3.8) is 0 Å². The first-order valence-corrected chi connectivity index (χ1v) is 7.88. The number of likely N-dealkylation sites (N-methyl/N-ethyl adjacent to an activating group) is 1. The van der Waals surface area contributed by atoms with Crippen LogP contribution in [0.4, 0.5) is 0 Å². The molecule has 0 unspecified atom stereocenters. The van der Waals surface area contributed by atoms with Crippen molar-refractivity contribution in [2.24, 2.45) is 0 Å². The smallest absolute Gasteiger partial charge is 0.252 e. The van der Waals surface area contributed by atoms with Crippen LogP contribution in [-0.2, 0) is 0 Å². The van der Waals surface area contributed by atoms with Crippen LogP contribution in [0.5, 0.6) is 0 Å². The summed E-state index contributed by atoms with van der Waals surface area (Å²) >= 11 is 9.43. The van der Waals surface area contributed by atoms with Crippen LogP contribution in [-0.4, -0.2) is 62.0 Å².